The van der Waals surface area contributed by atoms with Gasteiger partial charge < -0.3 is 0 Å². The molecule has 0 aromatic rings. The third-order valence-electron chi connectivity index (χ3n) is 0.437. The van der Waals surface area contributed by atoms with Crippen LogP contribution in [0.1, 0.15) is 0 Å². The molecule has 28 valence electrons. The van der Waals surface area contributed by atoms with Crippen LogP contribution >= 0.6 is 0 Å². The van der Waals surface area contributed by atoms with Gasteiger partial charge in [0.2, 0.25) is 0 Å². The Kier molecular flexibility index (Phi) is 6.23. The fraction of sp³-hybridized carbons (Fsp3) is 1.00. The fourth-order valence-corrected chi connectivity index (χ4v) is 0.188. The molecule has 0 saturated carbocycles. The zero-order valence-corrected chi connectivity index (χ0v) is 4.29. The Labute approximate surface area is 47.4 Å². The summed E-state index contributed by atoms with van der Waals surface area (Å²) in [7, 11) is 8.11. The molecule has 2 radical (unpaired) electrons. The van der Waals surface area contributed by atoms with Crippen LogP contribution in [0.2, 0.25) is 0 Å². The summed E-state index contributed by atoms with van der Waals surface area (Å²) >= 11 is 0. The molecule has 0 fully saturated rings. The molecule has 0 aromatic carbocycles. The van der Waals surface area contributed by atoms with Gasteiger partial charge in [-0.15, -0.1) is 0 Å². The van der Waals surface area contributed by atoms with Crippen molar-refractivity contribution in [2.45, 2.75) is 0 Å². The van der Waals surface area contributed by atoms with E-state index in [9.17, 15) is 0 Å². The van der Waals surface area contributed by atoms with E-state index in [4.69, 9.17) is 7.74 Å². The van der Waals surface area contributed by atoms with Gasteiger partial charge in [0, 0.05) is 0 Å². The number of rotatable bonds is 2. The standard InChI is InChI=1S/CH3B5O/c1-7-6-5-4-3-2/h1H3. The summed E-state index contributed by atoms with van der Waals surface area (Å²) in [5.74, 6) is 0. The van der Waals surface area contributed by atoms with E-state index in [0.29, 0.717) is 0 Å². The van der Waals surface area contributed by atoms with E-state index in [1.807, 2.05) is 0 Å². The maximum absolute atomic E-state index is 4.98. The first-order valence-electron chi connectivity index (χ1n) is 1.98. The van der Waals surface area contributed by atoms with Crippen LogP contribution in [0.4, 0.5) is 0 Å². The Morgan fingerprint density at radius 1 is 1.43 bits per heavy atom. The van der Waals surface area contributed by atoms with Gasteiger partial charge in [0.15, 0.2) is 0 Å². The average Bonchev–Trinajstić information content (AvgIpc) is 1.69. The summed E-state index contributed by atoms with van der Waals surface area (Å²) in [5, 5.41) is 0. The Balaban J connectivity index is 3.09. The number of hydrogen-bond donors (Lipinski definition) is 0. The molecular formula is CH3B5O. The monoisotopic (exact) mass is 86.1 g/mol. The second-order valence-corrected chi connectivity index (χ2v) is 0.949. The van der Waals surface area contributed by atoms with E-state index in [0.717, 1.165) is 0 Å². The topological polar surface area (TPSA) is 9.23 Å². The van der Waals surface area contributed by atoms with Gasteiger partial charge in [-0.3, -0.25) is 0 Å². The fourth-order valence-electron chi connectivity index (χ4n) is 0.188. The summed E-state index contributed by atoms with van der Waals surface area (Å²) in [6.45, 7) is 4.83. The first kappa shape index (κ1) is 7.12. The van der Waals surface area contributed by atoms with Crippen molar-refractivity contribution in [3.8, 4) is 0 Å². The molecule has 0 aliphatic rings. The van der Waals surface area contributed by atoms with Crippen molar-refractivity contribution in [1.29, 1.82) is 0 Å². The first-order chi connectivity index (χ1) is 3.41. The molecule has 0 amide bonds. The van der Waals surface area contributed by atoms with Crippen LogP contribution in [0, 0.1) is 0 Å². The molecule has 7 heavy (non-hydrogen) atoms. The van der Waals surface area contributed by atoms with Crippen molar-refractivity contribution in [3.63, 3.8) is 0 Å². The Hall–Kier alpha value is 0.125. The van der Waals surface area contributed by atoms with Gasteiger partial charge in [0.1, 0.15) is 0 Å². The predicted octanol–water partition coefficient (Wildman–Crippen LogP) is -1.81. The minimum atomic E-state index is 1.44. The van der Waals surface area contributed by atoms with Crippen LogP contribution in [0.3, 0.4) is 0 Å². The molecule has 0 aromatic heterocycles. The van der Waals surface area contributed by atoms with E-state index in [-0.39, 0.29) is 0 Å². The van der Waals surface area contributed by atoms with Crippen molar-refractivity contribution in [3.05, 3.63) is 0 Å². The molecule has 0 unspecified atom stereocenters. The third kappa shape index (κ3) is 6.12. The summed E-state index contributed by atoms with van der Waals surface area (Å²) in [6, 6.07) is 0. The SMILES string of the molecule is [B]B=BB=BOC. The van der Waals surface area contributed by atoms with Crippen LogP contribution in [0.5, 0.6) is 0 Å². The summed E-state index contributed by atoms with van der Waals surface area (Å²) in [5.41, 5.74) is 0. The summed E-state index contributed by atoms with van der Waals surface area (Å²) in [6.07, 6.45) is 0. The second kappa shape index (κ2) is 6.12. The zero-order chi connectivity index (χ0) is 5.54. The van der Waals surface area contributed by atoms with Crippen molar-refractivity contribution in [1.82, 2.24) is 0 Å². The molecule has 0 aliphatic carbocycles. The van der Waals surface area contributed by atoms with Crippen LogP contribution in [0.15, 0.2) is 0 Å². The van der Waals surface area contributed by atoms with Gasteiger partial charge in [-0.2, -0.15) is 0 Å². The maximum atomic E-state index is 4.98. The van der Waals surface area contributed by atoms with E-state index < -0.39 is 0 Å². The van der Waals surface area contributed by atoms with Gasteiger partial charge in [-0.1, -0.05) is 0 Å². The summed E-state index contributed by atoms with van der Waals surface area (Å²) in [4.78, 5) is 0. The second-order valence-electron chi connectivity index (χ2n) is 0.949. The molecule has 0 rings (SSSR count). The molecule has 1 nitrogen and oxygen atoms in total. The summed E-state index contributed by atoms with van der Waals surface area (Å²) < 4.78 is 4.56. The predicted molar refractivity (Wildman–Crippen MR) is 35.8 cm³/mol. The molecule has 0 aliphatic heterocycles. The van der Waals surface area contributed by atoms with E-state index >= 15 is 0 Å². The number of hydrogen-bond acceptors (Lipinski definition) is 1. The molecule has 6 heteroatoms. The van der Waals surface area contributed by atoms with Gasteiger partial charge in [0.05, 0.1) is 0 Å². The van der Waals surface area contributed by atoms with Gasteiger partial charge >= 0.3 is 46.6 Å². The van der Waals surface area contributed by atoms with Crippen molar-refractivity contribution in [2.75, 3.05) is 7.11 Å². The van der Waals surface area contributed by atoms with Crippen LogP contribution < -0.4 is 0 Å². The van der Waals surface area contributed by atoms with Crippen LogP contribution in [0.25, 0.3) is 0 Å². The van der Waals surface area contributed by atoms with Gasteiger partial charge in [-0.25, -0.2) is 0 Å². The van der Waals surface area contributed by atoms with Crippen molar-refractivity contribution in [2.24, 2.45) is 0 Å². The average molecular weight is 85.1 g/mol. The minimum absolute atomic E-state index is 1.44. The van der Waals surface area contributed by atoms with E-state index in [2.05, 4.69) is 4.65 Å². The third-order valence-corrected chi connectivity index (χ3v) is 0.437. The van der Waals surface area contributed by atoms with Crippen LogP contribution in [-0.4, -0.2) is 41.9 Å². The van der Waals surface area contributed by atoms with Gasteiger partial charge in [0.25, 0.3) is 0 Å². The van der Waals surface area contributed by atoms with E-state index in [1.54, 1.807) is 27.5 Å². The Morgan fingerprint density at radius 3 is 2.57 bits per heavy atom. The Bertz CT molecular complexity index is 76.1. The van der Waals surface area contributed by atoms with Crippen LogP contribution in [-0.2, 0) is 4.65 Å². The normalized spacial score (nSPS) is 6.43. The molecule has 0 spiro atoms. The molecule has 0 heterocycles. The molecule has 0 atom stereocenters. The molecule has 0 saturated heterocycles. The zero-order valence-electron chi connectivity index (χ0n) is 4.29. The van der Waals surface area contributed by atoms with E-state index in [1.165, 1.54) is 6.69 Å². The molecule has 0 bridgehead atoms. The molecular weight excluding hydrogens is 82.1 g/mol. The van der Waals surface area contributed by atoms with Crippen molar-refractivity contribution < 1.29 is 4.65 Å². The quantitative estimate of drug-likeness (QED) is 0.359. The first-order valence-corrected chi connectivity index (χ1v) is 1.98. The van der Waals surface area contributed by atoms with Crippen molar-refractivity contribution >= 4 is 34.8 Å². The molecule has 0 N–H and O–H groups in total. The van der Waals surface area contributed by atoms with Gasteiger partial charge in [-0.05, 0) is 0 Å². The Morgan fingerprint density at radius 2 is 2.14 bits per heavy atom.